The Balaban J connectivity index is 1.61. The van der Waals surface area contributed by atoms with Gasteiger partial charge >= 0.3 is 0 Å². The van der Waals surface area contributed by atoms with E-state index >= 15 is 0 Å². The molecule has 0 saturated heterocycles. The van der Waals surface area contributed by atoms with Crippen LogP contribution in [0.4, 0.5) is 5.69 Å². The molecule has 158 valence electrons. The van der Waals surface area contributed by atoms with Crippen molar-refractivity contribution < 1.29 is 9.53 Å². The lowest BCUT2D eigenvalue weighted by atomic mass is 10.1. The van der Waals surface area contributed by atoms with Gasteiger partial charge in [-0.15, -0.1) is 10.2 Å². The van der Waals surface area contributed by atoms with Gasteiger partial charge < -0.3 is 14.6 Å². The van der Waals surface area contributed by atoms with Gasteiger partial charge in [0.05, 0.1) is 10.8 Å². The van der Waals surface area contributed by atoms with Crippen LogP contribution in [-0.4, -0.2) is 26.4 Å². The van der Waals surface area contributed by atoms with Crippen LogP contribution in [0.1, 0.15) is 30.0 Å². The number of carbonyl (C=O) groups excluding carboxylic acids is 1. The molecule has 0 aliphatic rings. The van der Waals surface area contributed by atoms with Gasteiger partial charge in [-0.25, -0.2) is 0 Å². The van der Waals surface area contributed by atoms with E-state index in [2.05, 4.69) is 15.5 Å². The van der Waals surface area contributed by atoms with Gasteiger partial charge in [-0.2, -0.15) is 0 Å². The summed E-state index contributed by atoms with van der Waals surface area (Å²) in [6, 6.07) is 11.0. The number of anilines is 1. The maximum atomic E-state index is 12.3. The van der Waals surface area contributed by atoms with Crippen molar-refractivity contribution in [2.24, 2.45) is 7.05 Å². The predicted molar refractivity (Wildman–Crippen MR) is 122 cm³/mol. The smallest absolute Gasteiger partial charge is 0.234 e. The third-order valence-electron chi connectivity index (χ3n) is 4.42. The Bertz CT molecular complexity index is 1070. The van der Waals surface area contributed by atoms with Crippen LogP contribution < -0.4 is 10.1 Å². The minimum absolute atomic E-state index is 0.103. The molecular weight excluding hydrogens is 443 g/mol. The second kappa shape index (κ2) is 9.73. The van der Waals surface area contributed by atoms with Gasteiger partial charge in [-0.1, -0.05) is 52.7 Å². The highest BCUT2D eigenvalue weighted by molar-refractivity contribution is 7.99. The van der Waals surface area contributed by atoms with Gasteiger partial charge in [-0.3, -0.25) is 4.79 Å². The van der Waals surface area contributed by atoms with Crippen LogP contribution in [0.25, 0.3) is 0 Å². The van der Waals surface area contributed by atoms with Gasteiger partial charge in [0.15, 0.2) is 17.1 Å². The fraction of sp³-hybridized carbons (Fsp3) is 0.286. The highest BCUT2D eigenvalue weighted by atomic mass is 35.5. The van der Waals surface area contributed by atoms with E-state index in [-0.39, 0.29) is 17.8 Å². The molecule has 0 saturated carbocycles. The average molecular weight is 465 g/mol. The summed E-state index contributed by atoms with van der Waals surface area (Å²) in [5.74, 6) is 1.25. The summed E-state index contributed by atoms with van der Waals surface area (Å²) in [4.78, 5) is 12.3. The van der Waals surface area contributed by atoms with Crippen molar-refractivity contribution in [3.63, 3.8) is 0 Å². The number of hydrogen-bond donors (Lipinski definition) is 1. The van der Waals surface area contributed by atoms with Gasteiger partial charge in [-0.05, 0) is 50.6 Å². The van der Waals surface area contributed by atoms with E-state index < -0.39 is 0 Å². The first-order valence-electron chi connectivity index (χ1n) is 9.25. The monoisotopic (exact) mass is 464 g/mol. The molecule has 1 heterocycles. The highest BCUT2D eigenvalue weighted by Crippen LogP contribution is 2.31. The summed E-state index contributed by atoms with van der Waals surface area (Å²) in [5.41, 5.74) is 3.00. The highest BCUT2D eigenvalue weighted by Gasteiger charge is 2.19. The van der Waals surface area contributed by atoms with E-state index in [9.17, 15) is 4.79 Å². The quantitative estimate of drug-likeness (QED) is 0.460. The Labute approximate surface area is 189 Å². The van der Waals surface area contributed by atoms with Crippen molar-refractivity contribution in [3.05, 3.63) is 63.4 Å². The number of rotatable bonds is 7. The molecule has 6 nitrogen and oxygen atoms in total. The molecule has 30 heavy (non-hydrogen) atoms. The normalized spacial score (nSPS) is 11.9. The first kappa shape index (κ1) is 22.5. The molecule has 1 aromatic heterocycles. The lowest BCUT2D eigenvalue weighted by Crippen LogP contribution is -2.15. The topological polar surface area (TPSA) is 69.0 Å². The molecule has 0 aliphatic carbocycles. The van der Waals surface area contributed by atoms with Crippen molar-refractivity contribution >= 4 is 46.6 Å². The van der Waals surface area contributed by atoms with Crippen molar-refractivity contribution in [1.82, 2.24) is 14.8 Å². The molecule has 3 rings (SSSR count). The zero-order valence-corrected chi connectivity index (χ0v) is 19.4. The maximum Gasteiger partial charge on any atom is 0.234 e. The molecule has 1 N–H and O–H groups in total. The minimum Gasteiger partial charge on any atom is -0.481 e. The molecule has 1 unspecified atom stereocenters. The lowest BCUT2D eigenvalue weighted by molar-refractivity contribution is -0.113. The van der Waals surface area contributed by atoms with Gasteiger partial charge in [0, 0.05) is 17.8 Å². The lowest BCUT2D eigenvalue weighted by Gasteiger charge is -2.15. The first-order chi connectivity index (χ1) is 14.2. The molecule has 0 radical (unpaired) electrons. The largest absolute Gasteiger partial charge is 0.481 e. The number of amides is 1. The van der Waals surface area contributed by atoms with E-state index in [0.29, 0.717) is 26.8 Å². The van der Waals surface area contributed by atoms with Gasteiger partial charge in [0.2, 0.25) is 5.91 Å². The Morgan fingerprint density at radius 3 is 2.67 bits per heavy atom. The Morgan fingerprint density at radius 1 is 1.20 bits per heavy atom. The zero-order chi connectivity index (χ0) is 21.8. The SMILES string of the molecule is Cc1ccc(NC(=O)CSc2nnc(C(C)Oc3ccc(Cl)cc3Cl)n2C)c(C)c1. The summed E-state index contributed by atoms with van der Waals surface area (Å²) >= 11 is 13.4. The molecule has 3 aromatic rings. The van der Waals surface area contributed by atoms with E-state index in [4.69, 9.17) is 27.9 Å². The number of halogens is 2. The number of benzene rings is 2. The van der Waals surface area contributed by atoms with Crippen LogP contribution in [-0.2, 0) is 11.8 Å². The van der Waals surface area contributed by atoms with Crippen LogP contribution in [0.15, 0.2) is 41.6 Å². The summed E-state index contributed by atoms with van der Waals surface area (Å²) < 4.78 is 7.71. The standard InChI is InChI=1S/C21H22Cl2N4O2S/c1-12-5-7-17(13(2)9-12)24-19(28)11-30-21-26-25-20(27(21)4)14(3)29-18-8-6-15(22)10-16(18)23/h5-10,14H,11H2,1-4H3,(H,24,28). The number of ether oxygens (including phenoxy) is 1. The molecule has 0 fully saturated rings. The van der Waals surface area contributed by atoms with Crippen molar-refractivity contribution in [2.75, 3.05) is 11.1 Å². The summed E-state index contributed by atoms with van der Waals surface area (Å²) in [5, 5.41) is 12.9. The van der Waals surface area contributed by atoms with E-state index in [0.717, 1.165) is 16.8 Å². The van der Waals surface area contributed by atoms with Crippen molar-refractivity contribution in [3.8, 4) is 5.75 Å². The summed E-state index contributed by atoms with van der Waals surface area (Å²) in [6.07, 6.45) is -0.389. The molecule has 9 heteroatoms. The van der Waals surface area contributed by atoms with Crippen LogP contribution >= 0.6 is 35.0 Å². The second-order valence-corrected chi connectivity index (χ2v) is 8.68. The summed E-state index contributed by atoms with van der Waals surface area (Å²) in [7, 11) is 1.84. The number of hydrogen-bond acceptors (Lipinski definition) is 5. The first-order valence-corrected chi connectivity index (χ1v) is 11.0. The van der Waals surface area contributed by atoms with E-state index in [1.54, 1.807) is 18.2 Å². The number of carbonyl (C=O) groups is 1. The fourth-order valence-corrected chi connectivity index (χ4v) is 4.06. The predicted octanol–water partition coefficient (Wildman–Crippen LogP) is 5.61. The molecule has 0 bridgehead atoms. The van der Waals surface area contributed by atoms with Crippen LogP contribution in [0.5, 0.6) is 5.75 Å². The second-order valence-electron chi connectivity index (χ2n) is 6.89. The van der Waals surface area contributed by atoms with Gasteiger partial charge in [0.25, 0.3) is 0 Å². The third kappa shape index (κ3) is 5.47. The average Bonchev–Trinajstić information content (AvgIpc) is 3.05. The molecule has 0 aliphatic heterocycles. The van der Waals surface area contributed by atoms with E-state index in [1.807, 2.05) is 50.6 Å². The molecule has 0 spiro atoms. The zero-order valence-electron chi connectivity index (χ0n) is 17.1. The number of nitrogens with zero attached hydrogens (tertiary/aromatic N) is 3. The van der Waals surface area contributed by atoms with Crippen LogP contribution in [0, 0.1) is 13.8 Å². The van der Waals surface area contributed by atoms with E-state index in [1.165, 1.54) is 11.8 Å². The maximum absolute atomic E-state index is 12.3. The summed E-state index contributed by atoms with van der Waals surface area (Å²) in [6.45, 7) is 5.85. The Kier molecular flexibility index (Phi) is 7.28. The van der Waals surface area contributed by atoms with Crippen molar-refractivity contribution in [2.45, 2.75) is 32.0 Å². The fourth-order valence-electron chi connectivity index (χ4n) is 2.89. The minimum atomic E-state index is -0.389. The molecule has 2 aromatic carbocycles. The van der Waals surface area contributed by atoms with Crippen LogP contribution in [0.3, 0.4) is 0 Å². The number of aromatic nitrogens is 3. The number of thioether (sulfide) groups is 1. The Morgan fingerprint density at radius 2 is 1.97 bits per heavy atom. The molecular formula is C21H22Cl2N4O2S. The van der Waals surface area contributed by atoms with Crippen LogP contribution in [0.2, 0.25) is 10.0 Å². The molecule has 1 atom stereocenters. The van der Waals surface area contributed by atoms with Crippen molar-refractivity contribution in [1.29, 1.82) is 0 Å². The molecule has 1 amide bonds. The third-order valence-corrected chi connectivity index (χ3v) is 5.97. The number of nitrogens with one attached hydrogen (secondary N) is 1. The Hall–Kier alpha value is -2.22. The number of aryl methyl sites for hydroxylation is 2. The van der Waals surface area contributed by atoms with Gasteiger partial charge in [0.1, 0.15) is 5.75 Å².